The lowest BCUT2D eigenvalue weighted by atomic mass is 10.1. The topological polar surface area (TPSA) is 94.3 Å². The Morgan fingerprint density at radius 1 is 0.969 bits per heavy atom. The van der Waals surface area contributed by atoms with Gasteiger partial charge in [0.05, 0.1) is 17.1 Å². The Morgan fingerprint density at radius 3 is 2.44 bits per heavy atom. The minimum atomic E-state index is -4.67. The molecule has 0 saturated heterocycles. The molecule has 0 fully saturated rings. The van der Waals surface area contributed by atoms with Crippen LogP contribution in [0.15, 0.2) is 37.2 Å². The van der Waals surface area contributed by atoms with Crippen molar-refractivity contribution in [3.8, 4) is 5.82 Å². The predicted molar refractivity (Wildman–Crippen MR) is 103 cm³/mol. The van der Waals surface area contributed by atoms with E-state index in [-0.39, 0.29) is 33.4 Å². The molecule has 0 aliphatic heterocycles. The Morgan fingerprint density at radius 2 is 1.72 bits per heavy atom. The maximum Gasteiger partial charge on any atom is 0.418 e. The number of aromatic nitrogens is 7. The third-order valence-corrected chi connectivity index (χ3v) is 4.66. The molecule has 0 saturated carbocycles. The van der Waals surface area contributed by atoms with Gasteiger partial charge in [0.25, 0.3) is 6.43 Å². The van der Waals surface area contributed by atoms with Crippen LogP contribution in [0, 0.1) is 0 Å². The minimum absolute atomic E-state index is 0.0476. The zero-order chi connectivity index (χ0) is 23.0. The highest BCUT2D eigenvalue weighted by Gasteiger charge is 2.34. The number of fused-ring (bicyclic) bond motifs is 1. The number of hydrogen-bond donors (Lipinski definition) is 1. The van der Waals surface area contributed by atoms with E-state index in [0.717, 1.165) is 24.8 Å². The summed E-state index contributed by atoms with van der Waals surface area (Å²) in [5, 5.41) is 6.86. The highest BCUT2D eigenvalue weighted by atomic mass is 35.5. The van der Waals surface area contributed by atoms with E-state index in [4.69, 9.17) is 11.6 Å². The molecule has 0 radical (unpaired) electrons. The van der Waals surface area contributed by atoms with Crippen LogP contribution in [0.3, 0.4) is 0 Å². The standard InChI is InChI=1S/C18H12ClF5N8/c1-8(17-29-7-30-32(17)13-4-12(15(20)21)25-5-26-13)31-16-10-2-9(19)3-11(18(22,23)24)14(10)27-6-28-16/h2-8,15H,1H3,(H,27,28,31)/t8-/m0/s1. The third-order valence-electron chi connectivity index (χ3n) is 4.44. The molecule has 3 heterocycles. The lowest BCUT2D eigenvalue weighted by Gasteiger charge is -2.17. The molecule has 166 valence electrons. The highest BCUT2D eigenvalue weighted by molar-refractivity contribution is 6.31. The van der Waals surface area contributed by atoms with Crippen molar-refractivity contribution in [1.29, 1.82) is 0 Å². The molecule has 3 aromatic heterocycles. The maximum atomic E-state index is 13.4. The predicted octanol–water partition coefficient (Wildman–Crippen LogP) is 4.78. The van der Waals surface area contributed by atoms with Crippen LogP contribution in [-0.2, 0) is 6.18 Å². The zero-order valence-corrected chi connectivity index (χ0v) is 16.8. The third kappa shape index (κ3) is 4.15. The smallest absolute Gasteiger partial charge is 0.360 e. The first-order valence-corrected chi connectivity index (χ1v) is 9.31. The van der Waals surface area contributed by atoms with E-state index in [9.17, 15) is 22.0 Å². The monoisotopic (exact) mass is 470 g/mol. The highest BCUT2D eigenvalue weighted by Crippen LogP contribution is 2.38. The van der Waals surface area contributed by atoms with E-state index in [1.165, 1.54) is 17.1 Å². The largest absolute Gasteiger partial charge is 0.418 e. The molecular weight excluding hydrogens is 459 g/mol. The second-order valence-corrected chi connectivity index (χ2v) is 7.00. The van der Waals surface area contributed by atoms with E-state index in [0.29, 0.717) is 0 Å². The van der Waals surface area contributed by atoms with Crippen LogP contribution in [0.25, 0.3) is 16.7 Å². The van der Waals surface area contributed by atoms with Gasteiger partial charge in [-0.25, -0.2) is 33.7 Å². The number of halogens is 6. The van der Waals surface area contributed by atoms with E-state index >= 15 is 0 Å². The summed E-state index contributed by atoms with van der Waals surface area (Å²) < 4.78 is 67.4. The van der Waals surface area contributed by atoms with Crippen molar-refractivity contribution in [2.75, 3.05) is 5.32 Å². The number of alkyl halides is 5. The van der Waals surface area contributed by atoms with Crippen LogP contribution in [-0.4, -0.2) is 34.7 Å². The Kier molecular flexibility index (Phi) is 5.59. The number of nitrogens with zero attached hydrogens (tertiary/aromatic N) is 7. The summed E-state index contributed by atoms with van der Waals surface area (Å²) in [4.78, 5) is 19.3. The Bertz CT molecular complexity index is 1280. The summed E-state index contributed by atoms with van der Waals surface area (Å²) >= 11 is 5.90. The first-order valence-electron chi connectivity index (χ1n) is 8.93. The van der Waals surface area contributed by atoms with Crippen LogP contribution in [0.1, 0.15) is 36.5 Å². The number of nitrogens with one attached hydrogen (secondary N) is 1. The molecule has 0 bridgehead atoms. The Labute approximate surface area is 181 Å². The average molecular weight is 471 g/mol. The van der Waals surface area contributed by atoms with Crippen molar-refractivity contribution in [3.05, 3.63) is 59.3 Å². The zero-order valence-electron chi connectivity index (χ0n) is 16.0. The maximum absolute atomic E-state index is 13.4. The van der Waals surface area contributed by atoms with Crippen LogP contribution in [0.2, 0.25) is 5.02 Å². The van der Waals surface area contributed by atoms with Gasteiger partial charge in [-0.3, -0.25) is 0 Å². The minimum Gasteiger partial charge on any atom is -0.360 e. The normalized spacial score (nSPS) is 13.0. The summed E-state index contributed by atoms with van der Waals surface area (Å²) in [5.74, 6) is 0.362. The van der Waals surface area contributed by atoms with Gasteiger partial charge in [0.2, 0.25) is 0 Å². The van der Waals surface area contributed by atoms with Crippen molar-refractivity contribution in [2.45, 2.75) is 25.6 Å². The number of rotatable bonds is 5. The summed E-state index contributed by atoms with van der Waals surface area (Å²) in [6, 6.07) is 2.49. The molecule has 14 heteroatoms. The summed E-state index contributed by atoms with van der Waals surface area (Å²) in [6.07, 6.45) is -4.33. The van der Waals surface area contributed by atoms with Crippen LogP contribution < -0.4 is 5.32 Å². The molecule has 1 aromatic carbocycles. The number of hydrogen-bond acceptors (Lipinski definition) is 7. The molecule has 32 heavy (non-hydrogen) atoms. The van der Waals surface area contributed by atoms with Crippen molar-refractivity contribution in [1.82, 2.24) is 34.7 Å². The van der Waals surface area contributed by atoms with Crippen molar-refractivity contribution in [2.24, 2.45) is 0 Å². The summed E-state index contributed by atoms with van der Waals surface area (Å²) in [5.41, 5.74) is -1.82. The molecule has 0 amide bonds. The summed E-state index contributed by atoms with van der Waals surface area (Å²) in [7, 11) is 0. The fourth-order valence-electron chi connectivity index (χ4n) is 3.05. The molecular formula is C18H12ClF5N8. The molecule has 0 aliphatic rings. The first kappa shape index (κ1) is 21.7. The Hall–Kier alpha value is -3.48. The van der Waals surface area contributed by atoms with Gasteiger partial charge in [0.1, 0.15) is 30.5 Å². The van der Waals surface area contributed by atoms with Crippen molar-refractivity contribution in [3.63, 3.8) is 0 Å². The van der Waals surface area contributed by atoms with Gasteiger partial charge in [-0.15, -0.1) is 0 Å². The fourth-order valence-corrected chi connectivity index (χ4v) is 3.27. The van der Waals surface area contributed by atoms with Gasteiger partial charge < -0.3 is 5.32 Å². The second kappa shape index (κ2) is 8.22. The van der Waals surface area contributed by atoms with Gasteiger partial charge in [-0.2, -0.15) is 23.0 Å². The SMILES string of the molecule is C[C@H](Nc1ncnc2c(C(F)(F)F)cc(Cl)cc12)c1ncnn1-c1cc(C(F)F)ncn1. The van der Waals surface area contributed by atoms with Gasteiger partial charge in [0, 0.05) is 16.5 Å². The van der Waals surface area contributed by atoms with Crippen LogP contribution >= 0.6 is 11.6 Å². The van der Waals surface area contributed by atoms with E-state index in [1.807, 2.05) is 0 Å². The molecule has 4 rings (SSSR count). The molecule has 8 nitrogen and oxygen atoms in total. The Balaban J connectivity index is 1.72. The second-order valence-electron chi connectivity index (χ2n) is 6.57. The molecule has 0 unspecified atom stereocenters. The molecule has 0 spiro atoms. The number of anilines is 1. The van der Waals surface area contributed by atoms with E-state index in [2.05, 4.69) is 35.3 Å². The number of benzene rings is 1. The molecule has 4 aromatic rings. The van der Waals surface area contributed by atoms with Gasteiger partial charge in [0.15, 0.2) is 11.6 Å². The summed E-state index contributed by atoms with van der Waals surface area (Å²) in [6.45, 7) is 1.64. The van der Waals surface area contributed by atoms with Crippen LogP contribution in [0.5, 0.6) is 0 Å². The average Bonchev–Trinajstić information content (AvgIpc) is 3.23. The quantitative estimate of drug-likeness (QED) is 0.419. The molecule has 0 aliphatic carbocycles. The van der Waals surface area contributed by atoms with Gasteiger partial charge in [-0.1, -0.05) is 11.6 Å². The fraction of sp³-hybridized carbons (Fsp3) is 0.222. The van der Waals surface area contributed by atoms with Crippen LogP contribution in [0.4, 0.5) is 27.8 Å². The lowest BCUT2D eigenvalue weighted by Crippen LogP contribution is -2.16. The van der Waals surface area contributed by atoms with Crippen molar-refractivity contribution < 1.29 is 22.0 Å². The van der Waals surface area contributed by atoms with E-state index < -0.39 is 29.9 Å². The van der Waals surface area contributed by atoms with Crippen molar-refractivity contribution >= 4 is 28.3 Å². The lowest BCUT2D eigenvalue weighted by molar-refractivity contribution is -0.136. The molecule has 1 atom stereocenters. The molecule has 1 N–H and O–H groups in total. The van der Waals surface area contributed by atoms with E-state index in [1.54, 1.807) is 6.92 Å². The van der Waals surface area contributed by atoms with Gasteiger partial charge >= 0.3 is 6.18 Å². The first-order chi connectivity index (χ1) is 15.1. The van der Waals surface area contributed by atoms with Gasteiger partial charge in [-0.05, 0) is 19.1 Å².